The Kier molecular flexibility index (Phi) is 4.70. The van der Waals surface area contributed by atoms with Gasteiger partial charge in [0, 0.05) is 5.75 Å². The molecule has 1 aromatic rings. The van der Waals surface area contributed by atoms with Crippen LogP contribution in [-0.2, 0) is 4.79 Å². The van der Waals surface area contributed by atoms with E-state index in [2.05, 4.69) is 18.3 Å². The summed E-state index contributed by atoms with van der Waals surface area (Å²) in [5.74, 6) is 0.226. The molecule has 0 aromatic carbocycles. The van der Waals surface area contributed by atoms with Crippen LogP contribution in [0.2, 0.25) is 0 Å². The number of carboxylic acids is 1. The number of carboxylic acid groups (broad SMARTS) is 1. The number of hydrogen-bond acceptors (Lipinski definition) is 4. The van der Waals surface area contributed by atoms with Gasteiger partial charge in [-0.15, -0.1) is 23.1 Å². The number of nitrogens with one attached hydrogen (secondary N) is 1. The number of aliphatic carboxylic acids is 1. The molecule has 1 unspecified atom stereocenters. The van der Waals surface area contributed by atoms with Crippen LogP contribution in [-0.4, -0.2) is 28.9 Å². The Balaban J connectivity index is 2.04. The minimum absolute atomic E-state index is 0.300. The average Bonchev–Trinajstić information content (AvgIpc) is 3.07. The minimum atomic E-state index is -0.731. The molecule has 3 nitrogen and oxygen atoms in total. The van der Waals surface area contributed by atoms with Gasteiger partial charge in [0.25, 0.3) is 0 Å². The van der Waals surface area contributed by atoms with E-state index in [9.17, 15) is 9.90 Å². The molecule has 1 saturated carbocycles. The molecular formula is C13H19NO2S2. The Morgan fingerprint density at radius 1 is 1.67 bits per heavy atom. The first-order chi connectivity index (χ1) is 8.69. The van der Waals surface area contributed by atoms with Gasteiger partial charge in [0.15, 0.2) is 0 Å². The van der Waals surface area contributed by atoms with Crippen molar-refractivity contribution in [3.8, 4) is 0 Å². The third-order valence-electron chi connectivity index (χ3n) is 3.28. The summed E-state index contributed by atoms with van der Waals surface area (Å²) in [6, 6.07) is 4.06. The fourth-order valence-electron chi connectivity index (χ4n) is 2.08. The Morgan fingerprint density at radius 2 is 2.44 bits per heavy atom. The minimum Gasteiger partial charge on any atom is -0.480 e. The van der Waals surface area contributed by atoms with Gasteiger partial charge in [0.2, 0.25) is 0 Å². The molecule has 5 heteroatoms. The normalized spacial score (nSPS) is 18.5. The third-order valence-corrected chi connectivity index (χ3v) is 5.61. The summed E-state index contributed by atoms with van der Waals surface area (Å²) in [7, 11) is 0. The summed E-state index contributed by atoms with van der Waals surface area (Å²) in [5.41, 5.74) is -0.731. The number of thiophene rings is 1. The fourth-order valence-corrected chi connectivity index (χ4v) is 4.15. The van der Waals surface area contributed by atoms with Gasteiger partial charge in [-0.25, -0.2) is 0 Å². The molecule has 0 bridgehead atoms. The van der Waals surface area contributed by atoms with Crippen molar-refractivity contribution in [2.24, 2.45) is 5.92 Å². The van der Waals surface area contributed by atoms with Crippen molar-refractivity contribution in [1.29, 1.82) is 0 Å². The van der Waals surface area contributed by atoms with Crippen molar-refractivity contribution in [3.63, 3.8) is 0 Å². The number of thioether (sulfide) groups is 1. The zero-order valence-electron chi connectivity index (χ0n) is 10.5. The maximum absolute atomic E-state index is 11.7. The van der Waals surface area contributed by atoms with Crippen molar-refractivity contribution < 1.29 is 9.90 Å². The van der Waals surface area contributed by atoms with Crippen LogP contribution in [0.4, 0.5) is 0 Å². The molecule has 1 aromatic heterocycles. The third kappa shape index (κ3) is 3.08. The van der Waals surface area contributed by atoms with Crippen LogP contribution in [0.25, 0.3) is 0 Å². The second-order valence-corrected chi connectivity index (χ2v) is 6.92. The van der Waals surface area contributed by atoms with Crippen molar-refractivity contribution in [3.05, 3.63) is 17.5 Å². The van der Waals surface area contributed by atoms with Gasteiger partial charge in [-0.2, -0.15) is 0 Å². The van der Waals surface area contributed by atoms with Crippen LogP contribution in [0.3, 0.4) is 0 Å². The molecule has 100 valence electrons. The lowest BCUT2D eigenvalue weighted by Gasteiger charge is -2.30. The Bertz CT molecular complexity index is 390. The van der Waals surface area contributed by atoms with Crippen LogP contribution in [0.15, 0.2) is 21.7 Å². The number of carbonyl (C=O) groups is 1. The van der Waals surface area contributed by atoms with Gasteiger partial charge in [-0.05, 0) is 43.2 Å². The van der Waals surface area contributed by atoms with E-state index in [1.54, 1.807) is 23.1 Å². The quantitative estimate of drug-likeness (QED) is 0.721. The zero-order chi connectivity index (χ0) is 13.0. The van der Waals surface area contributed by atoms with Crippen molar-refractivity contribution in [2.45, 2.75) is 35.9 Å². The molecule has 1 aliphatic rings. The SMILES string of the molecule is CCCNC(CSc1cccs1)(C(=O)O)C1CC1. The van der Waals surface area contributed by atoms with E-state index in [0.717, 1.165) is 25.8 Å². The summed E-state index contributed by atoms with van der Waals surface area (Å²) in [6.45, 7) is 2.84. The number of rotatable bonds is 8. The van der Waals surface area contributed by atoms with Crippen LogP contribution in [0.1, 0.15) is 26.2 Å². The van der Waals surface area contributed by atoms with E-state index in [0.29, 0.717) is 11.7 Å². The predicted molar refractivity (Wildman–Crippen MR) is 76.4 cm³/mol. The molecule has 1 heterocycles. The lowest BCUT2D eigenvalue weighted by Crippen LogP contribution is -2.56. The summed E-state index contributed by atoms with van der Waals surface area (Å²) >= 11 is 3.33. The van der Waals surface area contributed by atoms with Crippen LogP contribution < -0.4 is 5.32 Å². The summed E-state index contributed by atoms with van der Waals surface area (Å²) < 4.78 is 1.19. The molecule has 0 radical (unpaired) electrons. The van der Waals surface area contributed by atoms with E-state index in [1.807, 2.05) is 11.4 Å². The second kappa shape index (κ2) is 6.08. The summed E-state index contributed by atoms with van der Waals surface area (Å²) in [6.07, 6.45) is 3.04. The van der Waals surface area contributed by atoms with E-state index >= 15 is 0 Å². The molecule has 1 fully saturated rings. The van der Waals surface area contributed by atoms with E-state index in [1.165, 1.54) is 4.21 Å². The molecule has 18 heavy (non-hydrogen) atoms. The Hall–Kier alpha value is -0.520. The molecule has 0 amide bonds. The fraction of sp³-hybridized carbons (Fsp3) is 0.615. The van der Waals surface area contributed by atoms with Gasteiger partial charge in [0.1, 0.15) is 5.54 Å². The molecule has 1 atom stereocenters. The first-order valence-electron chi connectivity index (χ1n) is 6.34. The highest BCUT2D eigenvalue weighted by atomic mass is 32.2. The van der Waals surface area contributed by atoms with E-state index < -0.39 is 11.5 Å². The standard InChI is InChI=1S/C13H19NO2S2/c1-2-7-14-13(12(15)16,10-5-6-10)9-18-11-4-3-8-17-11/h3-4,8,10,14H,2,5-7,9H2,1H3,(H,15,16). The first-order valence-corrected chi connectivity index (χ1v) is 8.20. The molecule has 0 aliphatic heterocycles. The predicted octanol–water partition coefficient (Wildman–Crippen LogP) is 3.07. The van der Waals surface area contributed by atoms with Crippen molar-refractivity contribution in [2.75, 3.05) is 12.3 Å². The largest absolute Gasteiger partial charge is 0.480 e. The molecular weight excluding hydrogens is 266 g/mol. The molecule has 1 aliphatic carbocycles. The first kappa shape index (κ1) is 13.9. The maximum atomic E-state index is 11.7. The van der Waals surface area contributed by atoms with Gasteiger partial charge in [-0.1, -0.05) is 13.0 Å². The van der Waals surface area contributed by atoms with Crippen molar-refractivity contribution >= 4 is 29.1 Å². The average molecular weight is 285 g/mol. The Morgan fingerprint density at radius 3 is 2.94 bits per heavy atom. The molecule has 2 N–H and O–H groups in total. The van der Waals surface area contributed by atoms with E-state index in [-0.39, 0.29) is 0 Å². The summed E-state index contributed by atoms with van der Waals surface area (Å²) in [5, 5.41) is 14.9. The topological polar surface area (TPSA) is 49.3 Å². The monoisotopic (exact) mass is 285 g/mol. The highest BCUT2D eigenvalue weighted by Crippen LogP contribution is 2.43. The highest BCUT2D eigenvalue weighted by Gasteiger charge is 2.50. The molecule has 0 saturated heterocycles. The lowest BCUT2D eigenvalue weighted by atomic mass is 9.95. The molecule has 0 spiro atoms. The number of hydrogen-bond donors (Lipinski definition) is 2. The lowest BCUT2D eigenvalue weighted by molar-refractivity contribution is -0.144. The second-order valence-electron chi connectivity index (χ2n) is 4.70. The molecule has 2 rings (SSSR count). The van der Waals surface area contributed by atoms with Crippen LogP contribution in [0, 0.1) is 5.92 Å². The highest BCUT2D eigenvalue weighted by molar-refractivity contribution is 8.01. The van der Waals surface area contributed by atoms with Crippen LogP contribution in [0.5, 0.6) is 0 Å². The smallest absolute Gasteiger partial charge is 0.325 e. The maximum Gasteiger partial charge on any atom is 0.325 e. The van der Waals surface area contributed by atoms with Gasteiger partial charge < -0.3 is 10.4 Å². The van der Waals surface area contributed by atoms with Gasteiger partial charge >= 0.3 is 5.97 Å². The van der Waals surface area contributed by atoms with E-state index in [4.69, 9.17) is 0 Å². The van der Waals surface area contributed by atoms with Gasteiger partial charge in [0.05, 0.1) is 4.21 Å². The van der Waals surface area contributed by atoms with Crippen LogP contribution >= 0.6 is 23.1 Å². The van der Waals surface area contributed by atoms with Crippen molar-refractivity contribution in [1.82, 2.24) is 5.32 Å². The van der Waals surface area contributed by atoms with Gasteiger partial charge in [-0.3, -0.25) is 4.79 Å². The summed E-state index contributed by atoms with van der Waals surface area (Å²) in [4.78, 5) is 11.7. The Labute approximate surface area is 116 Å². The zero-order valence-corrected chi connectivity index (χ0v) is 12.1.